The molecule has 2 atom stereocenters. The quantitative estimate of drug-likeness (QED) is 0.726. The molecule has 0 aromatic heterocycles. The van der Waals surface area contributed by atoms with Crippen molar-refractivity contribution >= 4 is 29.1 Å². The molecule has 172 valence electrons. The van der Waals surface area contributed by atoms with Crippen LogP contribution in [0.2, 0.25) is 0 Å². The number of benzene rings is 2. The molecule has 0 N–H and O–H groups in total. The van der Waals surface area contributed by atoms with Gasteiger partial charge in [0.15, 0.2) is 0 Å². The molecule has 3 heterocycles. The van der Waals surface area contributed by atoms with Crippen molar-refractivity contribution in [1.29, 1.82) is 0 Å². The Balaban J connectivity index is 1.19. The van der Waals surface area contributed by atoms with E-state index in [1.165, 1.54) is 5.56 Å². The maximum atomic E-state index is 13.3. The van der Waals surface area contributed by atoms with Gasteiger partial charge in [0.25, 0.3) is 0 Å². The van der Waals surface area contributed by atoms with Gasteiger partial charge in [-0.25, -0.2) is 0 Å². The lowest BCUT2D eigenvalue weighted by Crippen LogP contribution is -2.47. The number of hydrogen-bond donors (Lipinski definition) is 0. The predicted molar refractivity (Wildman–Crippen MR) is 128 cm³/mol. The highest BCUT2D eigenvalue weighted by atomic mass is 16.2. The van der Waals surface area contributed by atoms with Gasteiger partial charge in [-0.15, -0.1) is 0 Å². The van der Waals surface area contributed by atoms with Crippen LogP contribution in [0, 0.1) is 18.8 Å². The number of aryl methyl sites for hydroxylation is 1. The second kappa shape index (κ2) is 8.65. The largest absolute Gasteiger partial charge is 0.342 e. The Hall–Kier alpha value is -3.15. The summed E-state index contributed by atoms with van der Waals surface area (Å²) < 4.78 is 0. The summed E-state index contributed by atoms with van der Waals surface area (Å²) >= 11 is 0. The van der Waals surface area contributed by atoms with E-state index in [1.54, 1.807) is 4.90 Å². The topological polar surface area (TPSA) is 60.9 Å². The van der Waals surface area contributed by atoms with Gasteiger partial charge < -0.3 is 14.7 Å². The van der Waals surface area contributed by atoms with Crippen molar-refractivity contribution in [2.24, 2.45) is 11.8 Å². The molecule has 0 unspecified atom stereocenters. The summed E-state index contributed by atoms with van der Waals surface area (Å²) in [6, 6.07) is 16.2. The molecule has 5 rings (SSSR count). The Morgan fingerprint density at radius 1 is 0.879 bits per heavy atom. The van der Waals surface area contributed by atoms with Gasteiger partial charge in [-0.2, -0.15) is 0 Å². The molecule has 6 heteroatoms. The number of amides is 3. The predicted octanol–water partition coefficient (Wildman–Crippen LogP) is 3.56. The van der Waals surface area contributed by atoms with Crippen LogP contribution in [-0.2, 0) is 20.8 Å². The van der Waals surface area contributed by atoms with Crippen LogP contribution in [0.5, 0.6) is 0 Å². The normalized spacial score (nSPS) is 23.2. The van der Waals surface area contributed by atoms with E-state index in [2.05, 4.69) is 13.0 Å². The van der Waals surface area contributed by atoms with Crippen molar-refractivity contribution < 1.29 is 14.4 Å². The lowest BCUT2D eigenvalue weighted by molar-refractivity contribution is -0.138. The first-order valence-electron chi connectivity index (χ1n) is 12.0. The average Bonchev–Trinajstić information content (AvgIpc) is 3.38. The zero-order valence-electron chi connectivity index (χ0n) is 19.4. The molecular formula is C27H31N3O3. The summed E-state index contributed by atoms with van der Waals surface area (Å²) in [5, 5.41) is 0. The van der Waals surface area contributed by atoms with Crippen LogP contribution in [0.1, 0.15) is 37.3 Å². The van der Waals surface area contributed by atoms with Gasteiger partial charge in [0.1, 0.15) is 0 Å². The molecular weight excluding hydrogens is 414 g/mol. The van der Waals surface area contributed by atoms with Crippen LogP contribution in [-0.4, -0.2) is 48.3 Å². The van der Waals surface area contributed by atoms with Gasteiger partial charge in [-0.1, -0.05) is 35.9 Å². The molecule has 3 aliphatic heterocycles. The van der Waals surface area contributed by atoms with Gasteiger partial charge in [0.2, 0.25) is 17.7 Å². The SMILES string of the molecule is Cc1ccc(N2C[C@@H](C(=O)N3CCC(C(=O)N4c5ccccc5C[C@H]4C)CC3)CC2=O)cc1. The fourth-order valence-electron chi connectivity index (χ4n) is 5.55. The minimum Gasteiger partial charge on any atom is -0.342 e. The van der Waals surface area contributed by atoms with Crippen molar-refractivity contribution in [3.05, 3.63) is 59.7 Å². The first kappa shape index (κ1) is 21.7. The minimum atomic E-state index is -0.309. The van der Waals surface area contributed by atoms with Crippen LogP contribution >= 0.6 is 0 Å². The van der Waals surface area contributed by atoms with Crippen LogP contribution in [0.25, 0.3) is 0 Å². The van der Waals surface area contributed by atoms with Crippen LogP contribution in [0.3, 0.4) is 0 Å². The Bertz CT molecular complexity index is 1070. The third-order valence-electron chi connectivity index (χ3n) is 7.42. The molecule has 33 heavy (non-hydrogen) atoms. The van der Waals surface area contributed by atoms with Crippen molar-refractivity contribution in [2.45, 2.75) is 45.6 Å². The van der Waals surface area contributed by atoms with Gasteiger partial charge in [0, 0.05) is 49.4 Å². The zero-order valence-corrected chi connectivity index (χ0v) is 19.4. The third kappa shape index (κ3) is 4.03. The highest BCUT2D eigenvalue weighted by Crippen LogP contribution is 2.35. The van der Waals surface area contributed by atoms with Crippen molar-refractivity contribution in [3.8, 4) is 0 Å². The van der Waals surface area contributed by atoms with Crippen molar-refractivity contribution in [1.82, 2.24) is 4.90 Å². The van der Waals surface area contributed by atoms with Crippen LogP contribution in [0.4, 0.5) is 11.4 Å². The summed E-state index contributed by atoms with van der Waals surface area (Å²) in [6.07, 6.45) is 2.51. The van der Waals surface area contributed by atoms with E-state index in [4.69, 9.17) is 0 Å². The van der Waals surface area contributed by atoms with Crippen molar-refractivity contribution in [3.63, 3.8) is 0 Å². The number of carbonyl (C=O) groups is 3. The van der Waals surface area contributed by atoms with Crippen LogP contribution < -0.4 is 9.80 Å². The molecule has 0 radical (unpaired) electrons. The number of rotatable bonds is 3. The first-order valence-corrected chi connectivity index (χ1v) is 12.0. The van der Waals surface area contributed by atoms with Gasteiger partial charge in [-0.05, 0) is 56.9 Å². The first-order chi connectivity index (χ1) is 15.9. The molecule has 3 aliphatic rings. The lowest BCUT2D eigenvalue weighted by Gasteiger charge is -2.35. The molecule has 0 saturated carbocycles. The van der Waals surface area contributed by atoms with E-state index in [9.17, 15) is 14.4 Å². The van der Waals surface area contributed by atoms with E-state index in [0.29, 0.717) is 32.5 Å². The maximum Gasteiger partial charge on any atom is 0.230 e. The number of fused-ring (bicyclic) bond motifs is 1. The molecule has 2 fully saturated rings. The number of hydrogen-bond acceptors (Lipinski definition) is 3. The average molecular weight is 446 g/mol. The minimum absolute atomic E-state index is 0.00366. The number of carbonyl (C=O) groups excluding carboxylic acids is 3. The molecule has 6 nitrogen and oxygen atoms in total. The van der Waals surface area contributed by atoms with E-state index < -0.39 is 0 Å². The van der Waals surface area contributed by atoms with Gasteiger partial charge in [0.05, 0.1) is 5.92 Å². The molecule has 0 bridgehead atoms. The molecule has 3 amide bonds. The third-order valence-corrected chi connectivity index (χ3v) is 7.42. The molecule has 0 spiro atoms. The molecule has 2 saturated heterocycles. The summed E-state index contributed by atoms with van der Waals surface area (Å²) in [4.78, 5) is 44.7. The van der Waals surface area contributed by atoms with E-state index in [0.717, 1.165) is 23.4 Å². The highest BCUT2D eigenvalue weighted by Gasteiger charge is 2.40. The van der Waals surface area contributed by atoms with Crippen molar-refractivity contribution in [2.75, 3.05) is 29.4 Å². The lowest BCUT2D eigenvalue weighted by atomic mass is 9.93. The van der Waals surface area contributed by atoms with E-state index in [1.807, 2.05) is 59.2 Å². The fourth-order valence-corrected chi connectivity index (χ4v) is 5.55. The summed E-state index contributed by atoms with van der Waals surface area (Å²) in [5.41, 5.74) is 4.26. The maximum absolute atomic E-state index is 13.3. The Kier molecular flexibility index (Phi) is 5.69. The second-order valence-corrected chi connectivity index (χ2v) is 9.73. The number of para-hydroxylation sites is 1. The second-order valence-electron chi connectivity index (χ2n) is 9.73. The van der Waals surface area contributed by atoms with E-state index in [-0.39, 0.29) is 42.0 Å². The molecule has 2 aromatic carbocycles. The Morgan fingerprint density at radius 3 is 2.30 bits per heavy atom. The summed E-state index contributed by atoms with van der Waals surface area (Å²) in [6.45, 7) is 5.71. The Morgan fingerprint density at radius 2 is 1.58 bits per heavy atom. The number of piperidine rings is 1. The van der Waals surface area contributed by atoms with Gasteiger partial charge >= 0.3 is 0 Å². The fraction of sp³-hybridized carbons (Fsp3) is 0.444. The van der Waals surface area contributed by atoms with Gasteiger partial charge in [-0.3, -0.25) is 14.4 Å². The highest BCUT2D eigenvalue weighted by molar-refractivity contribution is 6.00. The van der Waals surface area contributed by atoms with E-state index >= 15 is 0 Å². The number of nitrogens with zero attached hydrogens (tertiary/aromatic N) is 3. The number of anilines is 2. The standard InChI is InChI=1S/C27H31N3O3/c1-18-7-9-23(10-8-18)29-17-22(16-25(29)31)26(32)28-13-11-20(12-14-28)27(33)30-19(2)15-21-5-3-4-6-24(21)30/h3-10,19-20,22H,11-17H2,1-2H3/t19-,22+/m1/s1. The van der Waals surface area contributed by atoms with Crippen LogP contribution in [0.15, 0.2) is 48.5 Å². The molecule has 2 aromatic rings. The Labute approximate surface area is 195 Å². The monoisotopic (exact) mass is 445 g/mol. The smallest absolute Gasteiger partial charge is 0.230 e. The molecule has 0 aliphatic carbocycles. The zero-order chi connectivity index (χ0) is 23.1. The number of likely N-dealkylation sites (tertiary alicyclic amines) is 1. The summed E-state index contributed by atoms with van der Waals surface area (Å²) in [5.74, 6) is -0.137. The summed E-state index contributed by atoms with van der Waals surface area (Å²) in [7, 11) is 0.